The number of hydrogen-bond acceptors (Lipinski definition) is 4. The molecule has 6 heteroatoms. The number of nitrogens with one attached hydrogen (secondary N) is 1. The molecule has 0 aromatic heterocycles. The molecule has 2 aromatic rings. The molecule has 0 aliphatic carbocycles. The van der Waals surface area contributed by atoms with Crippen LogP contribution in [0.3, 0.4) is 0 Å². The van der Waals surface area contributed by atoms with Crippen LogP contribution < -0.4 is 14.8 Å². The number of benzene rings is 2. The minimum absolute atomic E-state index is 0.000465. The van der Waals surface area contributed by atoms with Gasteiger partial charge in [-0.25, -0.2) is 4.79 Å². The van der Waals surface area contributed by atoms with E-state index in [1.54, 1.807) is 25.3 Å². The summed E-state index contributed by atoms with van der Waals surface area (Å²) < 4.78 is 11.2. The summed E-state index contributed by atoms with van der Waals surface area (Å²) in [5.74, 6) is 0.374. The van der Waals surface area contributed by atoms with E-state index in [2.05, 4.69) is 19.2 Å². The summed E-state index contributed by atoms with van der Waals surface area (Å²) in [5, 5.41) is 12.1. The molecule has 0 aliphatic rings. The summed E-state index contributed by atoms with van der Waals surface area (Å²) in [6.07, 6.45) is -0.000465. The lowest BCUT2D eigenvalue weighted by molar-refractivity contribution is -0.121. The molecule has 0 aliphatic heterocycles. The lowest BCUT2D eigenvalue weighted by atomic mass is 10.0. The van der Waals surface area contributed by atoms with Crippen LogP contribution in [0.5, 0.6) is 11.5 Å². The van der Waals surface area contributed by atoms with Crippen molar-refractivity contribution in [1.29, 1.82) is 0 Å². The minimum atomic E-state index is -1.04. The van der Waals surface area contributed by atoms with Crippen LogP contribution in [0.15, 0.2) is 42.5 Å². The van der Waals surface area contributed by atoms with Crippen molar-refractivity contribution in [3.8, 4) is 11.5 Å². The van der Waals surface area contributed by atoms with Crippen molar-refractivity contribution in [3.63, 3.8) is 0 Å². The number of rotatable bonds is 9. The predicted molar refractivity (Wildman–Crippen MR) is 107 cm³/mol. The molecule has 0 saturated heterocycles. The first-order valence-corrected chi connectivity index (χ1v) is 9.23. The van der Waals surface area contributed by atoms with Crippen molar-refractivity contribution in [2.24, 2.45) is 5.92 Å². The number of hydrogen-bond donors (Lipinski definition) is 2. The largest absolute Gasteiger partial charge is 0.493 e. The summed E-state index contributed by atoms with van der Waals surface area (Å²) >= 11 is 0. The first kappa shape index (κ1) is 21.3. The molecule has 150 valence electrons. The van der Waals surface area contributed by atoms with E-state index in [-0.39, 0.29) is 23.9 Å². The molecule has 2 rings (SSSR count). The second-order valence-electron chi connectivity index (χ2n) is 7.04. The Morgan fingerprint density at radius 2 is 1.79 bits per heavy atom. The molecule has 0 spiro atoms. The molecule has 0 heterocycles. The quantitative estimate of drug-likeness (QED) is 0.685. The Balaban J connectivity index is 2.07. The van der Waals surface area contributed by atoms with Crippen LogP contribution in [0.1, 0.15) is 48.3 Å². The van der Waals surface area contributed by atoms with E-state index >= 15 is 0 Å². The third kappa shape index (κ3) is 5.74. The van der Waals surface area contributed by atoms with E-state index in [4.69, 9.17) is 9.47 Å². The Labute approximate surface area is 165 Å². The lowest BCUT2D eigenvalue weighted by Gasteiger charge is -2.18. The fourth-order valence-corrected chi connectivity index (χ4v) is 2.76. The zero-order chi connectivity index (χ0) is 20.7. The van der Waals surface area contributed by atoms with Gasteiger partial charge in [-0.15, -0.1) is 0 Å². The van der Waals surface area contributed by atoms with Gasteiger partial charge in [0, 0.05) is 0 Å². The number of methoxy groups -OCH3 is 1. The van der Waals surface area contributed by atoms with Crippen molar-refractivity contribution >= 4 is 11.9 Å². The third-order valence-corrected chi connectivity index (χ3v) is 4.24. The Bertz CT molecular complexity index is 831. The molecule has 2 aromatic carbocycles. The number of ether oxygens (including phenoxy) is 2. The molecule has 28 heavy (non-hydrogen) atoms. The molecule has 2 N–H and O–H groups in total. The van der Waals surface area contributed by atoms with Gasteiger partial charge in [-0.3, -0.25) is 4.79 Å². The summed E-state index contributed by atoms with van der Waals surface area (Å²) in [4.78, 5) is 23.7. The van der Waals surface area contributed by atoms with Crippen molar-refractivity contribution in [2.75, 3.05) is 13.7 Å². The molecule has 0 radical (unpaired) electrons. The molecule has 1 amide bonds. The Kier molecular flexibility index (Phi) is 7.44. The molecule has 0 bridgehead atoms. The molecule has 0 saturated carbocycles. The van der Waals surface area contributed by atoms with Crippen LogP contribution in [0.2, 0.25) is 0 Å². The van der Waals surface area contributed by atoms with E-state index in [9.17, 15) is 14.7 Å². The van der Waals surface area contributed by atoms with Crippen molar-refractivity contribution in [3.05, 3.63) is 59.2 Å². The average Bonchev–Trinajstić information content (AvgIpc) is 2.66. The van der Waals surface area contributed by atoms with Crippen molar-refractivity contribution in [2.45, 2.75) is 33.2 Å². The maximum atomic E-state index is 12.4. The molecular weight excluding hydrogens is 358 g/mol. The third-order valence-electron chi connectivity index (χ3n) is 4.24. The van der Waals surface area contributed by atoms with Crippen LogP contribution in [-0.4, -0.2) is 30.7 Å². The van der Waals surface area contributed by atoms with E-state index in [1.165, 1.54) is 6.07 Å². The zero-order valence-corrected chi connectivity index (χ0v) is 16.7. The van der Waals surface area contributed by atoms with E-state index in [0.717, 1.165) is 5.56 Å². The fourth-order valence-electron chi connectivity index (χ4n) is 2.76. The topological polar surface area (TPSA) is 84.9 Å². The predicted octanol–water partition coefficient (Wildman–Crippen LogP) is 3.85. The molecule has 0 fully saturated rings. The summed E-state index contributed by atoms with van der Waals surface area (Å²) in [7, 11) is 1.58. The number of carboxylic acid groups (broad SMARTS) is 1. The van der Waals surface area contributed by atoms with E-state index < -0.39 is 5.97 Å². The van der Waals surface area contributed by atoms with Gasteiger partial charge in [0.1, 0.15) is 0 Å². The number of aromatic carboxylic acids is 1. The normalized spacial score (nSPS) is 11.8. The second kappa shape index (κ2) is 9.78. The van der Waals surface area contributed by atoms with Gasteiger partial charge in [-0.2, -0.15) is 0 Å². The van der Waals surface area contributed by atoms with Crippen molar-refractivity contribution < 1.29 is 24.2 Å². The number of carbonyl (C=O) groups is 2. The van der Waals surface area contributed by atoms with Gasteiger partial charge in [0.05, 0.1) is 31.7 Å². The van der Waals surface area contributed by atoms with Gasteiger partial charge in [-0.05, 0) is 42.2 Å². The Hall–Kier alpha value is -3.02. The SMILES string of the molecule is COc1cc(C(C)NC(=O)Cc2ccccc2C(=O)O)ccc1OCC(C)C. The standard InChI is InChI=1S/C22H27NO5/c1-14(2)13-28-19-10-9-16(11-20(19)27-4)15(3)23-21(24)12-17-7-5-6-8-18(17)22(25)26/h5-11,14-15H,12-13H2,1-4H3,(H,23,24)(H,25,26). The summed E-state index contributed by atoms with van der Waals surface area (Å²) in [5.41, 5.74) is 1.49. The monoisotopic (exact) mass is 385 g/mol. The molecule has 1 atom stereocenters. The highest BCUT2D eigenvalue weighted by Gasteiger charge is 2.16. The second-order valence-corrected chi connectivity index (χ2v) is 7.04. The Morgan fingerprint density at radius 3 is 2.43 bits per heavy atom. The summed E-state index contributed by atoms with van der Waals surface area (Å²) in [6.45, 7) is 6.59. The Morgan fingerprint density at radius 1 is 1.07 bits per heavy atom. The van der Waals surface area contributed by atoms with Crippen LogP contribution >= 0.6 is 0 Å². The van der Waals surface area contributed by atoms with Gasteiger partial charge >= 0.3 is 5.97 Å². The average molecular weight is 385 g/mol. The number of carboxylic acids is 1. The molecular formula is C22H27NO5. The zero-order valence-electron chi connectivity index (χ0n) is 16.7. The highest BCUT2D eigenvalue weighted by molar-refractivity contribution is 5.91. The maximum absolute atomic E-state index is 12.4. The number of carbonyl (C=O) groups excluding carboxylic acids is 1. The van der Waals surface area contributed by atoms with Gasteiger partial charge in [0.25, 0.3) is 0 Å². The molecule has 1 unspecified atom stereocenters. The minimum Gasteiger partial charge on any atom is -0.493 e. The van der Waals surface area contributed by atoms with Crippen LogP contribution in [-0.2, 0) is 11.2 Å². The summed E-state index contributed by atoms with van der Waals surface area (Å²) in [6, 6.07) is 11.8. The fraction of sp³-hybridized carbons (Fsp3) is 0.364. The highest BCUT2D eigenvalue weighted by Crippen LogP contribution is 2.30. The van der Waals surface area contributed by atoms with Gasteiger partial charge in [0.2, 0.25) is 5.91 Å². The lowest BCUT2D eigenvalue weighted by Crippen LogP contribution is -2.28. The highest BCUT2D eigenvalue weighted by atomic mass is 16.5. The van der Waals surface area contributed by atoms with Gasteiger partial charge in [0.15, 0.2) is 11.5 Å². The van der Waals surface area contributed by atoms with Crippen LogP contribution in [0.25, 0.3) is 0 Å². The first-order valence-electron chi connectivity index (χ1n) is 9.23. The van der Waals surface area contributed by atoms with E-state index in [1.807, 2.05) is 25.1 Å². The van der Waals surface area contributed by atoms with Crippen LogP contribution in [0.4, 0.5) is 0 Å². The van der Waals surface area contributed by atoms with E-state index in [0.29, 0.717) is 29.6 Å². The van der Waals surface area contributed by atoms with Crippen molar-refractivity contribution in [1.82, 2.24) is 5.32 Å². The number of amides is 1. The first-order chi connectivity index (χ1) is 13.3. The maximum Gasteiger partial charge on any atom is 0.335 e. The van der Waals surface area contributed by atoms with Crippen LogP contribution in [0, 0.1) is 5.92 Å². The molecule has 6 nitrogen and oxygen atoms in total. The van der Waals surface area contributed by atoms with Gasteiger partial charge < -0.3 is 19.9 Å². The van der Waals surface area contributed by atoms with Gasteiger partial charge in [-0.1, -0.05) is 38.1 Å². The smallest absolute Gasteiger partial charge is 0.335 e.